The van der Waals surface area contributed by atoms with Crippen LogP contribution in [0.4, 0.5) is 11.5 Å². The number of Topliss-reactive ketones (excluding diaryl/α,β-unsaturated/α-hetero) is 1. The van der Waals surface area contributed by atoms with Gasteiger partial charge in [0.2, 0.25) is 0 Å². The highest BCUT2D eigenvalue weighted by Gasteiger charge is 2.15. The van der Waals surface area contributed by atoms with E-state index >= 15 is 0 Å². The lowest BCUT2D eigenvalue weighted by molar-refractivity contribution is 0.0790. The van der Waals surface area contributed by atoms with Crippen molar-refractivity contribution in [3.05, 3.63) is 77.5 Å². The van der Waals surface area contributed by atoms with Crippen LogP contribution < -0.4 is 5.32 Å². The molecule has 148 valence electrons. The van der Waals surface area contributed by atoms with Crippen molar-refractivity contribution >= 4 is 23.2 Å². The Hall–Kier alpha value is -3.61. The van der Waals surface area contributed by atoms with Crippen molar-refractivity contribution in [2.75, 3.05) is 18.9 Å². The molecule has 0 radical (unpaired) electrons. The molecule has 0 saturated heterocycles. The van der Waals surface area contributed by atoms with Crippen molar-refractivity contribution in [1.82, 2.24) is 19.9 Å². The Labute approximate surface area is 169 Å². The zero-order chi connectivity index (χ0) is 20.8. The van der Waals surface area contributed by atoms with Crippen LogP contribution in [0.3, 0.4) is 0 Å². The molecule has 7 heteroatoms. The maximum absolute atomic E-state index is 12.8. The summed E-state index contributed by atoms with van der Waals surface area (Å²) in [7, 11) is 1.75. The first-order valence-electron chi connectivity index (χ1n) is 9.30. The van der Waals surface area contributed by atoms with Crippen LogP contribution in [0.25, 0.3) is 0 Å². The van der Waals surface area contributed by atoms with E-state index in [1.54, 1.807) is 55.5 Å². The van der Waals surface area contributed by atoms with Crippen LogP contribution in [0.2, 0.25) is 0 Å². The summed E-state index contributed by atoms with van der Waals surface area (Å²) in [5, 5.41) is 3.15. The van der Waals surface area contributed by atoms with E-state index in [0.717, 1.165) is 17.7 Å². The van der Waals surface area contributed by atoms with Crippen LogP contribution in [-0.2, 0) is 6.42 Å². The smallest absolute Gasteiger partial charge is 0.272 e. The Morgan fingerprint density at radius 3 is 2.55 bits per heavy atom. The summed E-state index contributed by atoms with van der Waals surface area (Å²) < 4.78 is 0. The van der Waals surface area contributed by atoms with E-state index in [9.17, 15) is 9.59 Å². The number of nitrogens with one attached hydrogen (secondary N) is 1. The predicted octanol–water partition coefficient (Wildman–Crippen LogP) is 3.44. The van der Waals surface area contributed by atoms with E-state index in [1.165, 1.54) is 6.92 Å². The van der Waals surface area contributed by atoms with Crippen LogP contribution in [0.1, 0.15) is 39.2 Å². The number of hydrogen-bond acceptors (Lipinski definition) is 6. The number of carbonyl (C=O) groups is 2. The fourth-order valence-electron chi connectivity index (χ4n) is 2.85. The highest BCUT2D eigenvalue weighted by atomic mass is 16.2. The molecule has 2 aromatic heterocycles. The molecule has 3 rings (SSSR count). The molecular weight excluding hydrogens is 366 g/mol. The number of likely N-dealkylation sites (N-methyl/N-ethyl adjacent to an activating group) is 1. The summed E-state index contributed by atoms with van der Waals surface area (Å²) in [6, 6.07) is 12.6. The van der Waals surface area contributed by atoms with Gasteiger partial charge in [0.25, 0.3) is 5.91 Å². The van der Waals surface area contributed by atoms with Gasteiger partial charge in [-0.15, -0.1) is 0 Å². The van der Waals surface area contributed by atoms with Gasteiger partial charge in [-0.25, -0.2) is 9.97 Å². The molecule has 0 aliphatic carbocycles. The molecule has 1 aromatic carbocycles. The van der Waals surface area contributed by atoms with Gasteiger partial charge in [-0.2, -0.15) is 0 Å². The standard InChI is InChI=1S/C22H23N5O2/c1-15(28)18-5-4-6-19(13-18)26-21-14-20(24-16(2)25-21)22(29)27(3)12-9-17-7-10-23-11-8-17/h4-8,10-11,13-14H,9,12H2,1-3H3,(H,24,25,26). The normalized spacial score (nSPS) is 10.4. The number of amides is 1. The third-order valence-corrected chi connectivity index (χ3v) is 4.43. The van der Waals surface area contributed by atoms with Crippen LogP contribution in [0, 0.1) is 6.92 Å². The van der Waals surface area contributed by atoms with Crippen LogP contribution in [0.5, 0.6) is 0 Å². The largest absolute Gasteiger partial charge is 0.340 e. The lowest BCUT2D eigenvalue weighted by atomic mass is 10.1. The maximum Gasteiger partial charge on any atom is 0.272 e. The fraction of sp³-hybridized carbons (Fsp3) is 0.227. The van der Waals surface area contributed by atoms with Crippen molar-refractivity contribution in [2.45, 2.75) is 20.3 Å². The maximum atomic E-state index is 12.8. The molecule has 0 bridgehead atoms. The molecule has 2 heterocycles. The minimum Gasteiger partial charge on any atom is -0.340 e. The minimum atomic E-state index is -0.176. The van der Waals surface area contributed by atoms with Crippen LogP contribution >= 0.6 is 0 Å². The van der Waals surface area contributed by atoms with Gasteiger partial charge in [0.15, 0.2) is 5.78 Å². The second-order valence-electron chi connectivity index (χ2n) is 6.78. The molecule has 0 unspecified atom stereocenters. The van der Waals surface area contributed by atoms with Gasteiger partial charge in [-0.1, -0.05) is 12.1 Å². The van der Waals surface area contributed by atoms with E-state index in [1.807, 2.05) is 18.2 Å². The molecule has 0 fully saturated rings. The SMILES string of the molecule is CC(=O)c1cccc(Nc2cc(C(=O)N(C)CCc3ccncc3)nc(C)n2)c1. The second-order valence-corrected chi connectivity index (χ2v) is 6.78. The van der Waals surface area contributed by atoms with E-state index < -0.39 is 0 Å². The molecule has 3 aromatic rings. The molecule has 1 N–H and O–H groups in total. The number of carbonyl (C=O) groups excluding carboxylic acids is 2. The van der Waals surface area contributed by atoms with Gasteiger partial charge in [0.1, 0.15) is 17.3 Å². The molecule has 1 amide bonds. The number of aromatic nitrogens is 3. The van der Waals surface area contributed by atoms with E-state index in [-0.39, 0.29) is 11.7 Å². The third-order valence-electron chi connectivity index (χ3n) is 4.43. The Balaban J connectivity index is 1.73. The number of ketones is 1. The molecule has 7 nitrogen and oxygen atoms in total. The summed E-state index contributed by atoms with van der Waals surface area (Å²) in [6.45, 7) is 3.83. The van der Waals surface area contributed by atoms with Gasteiger partial charge in [0.05, 0.1) is 0 Å². The van der Waals surface area contributed by atoms with Crippen molar-refractivity contribution < 1.29 is 9.59 Å². The number of anilines is 2. The Bertz CT molecular complexity index is 1020. The number of nitrogens with zero attached hydrogens (tertiary/aromatic N) is 4. The molecule has 29 heavy (non-hydrogen) atoms. The number of rotatable bonds is 7. The van der Waals surface area contributed by atoms with Gasteiger partial charge in [-0.3, -0.25) is 14.6 Å². The summed E-state index contributed by atoms with van der Waals surface area (Å²) in [5.41, 5.74) is 2.76. The molecule has 0 atom stereocenters. The third kappa shape index (κ3) is 5.44. The average Bonchev–Trinajstić information content (AvgIpc) is 2.72. The topological polar surface area (TPSA) is 88.1 Å². The molecule has 0 aliphatic rings. The number of hydrogen-bond donors (Lipinski definition) is 1. The van der Waals surface area contributed by atoms with Crippen molar-refractivity contribution in [1.29, 1.82) is 0 Å². The average molecular weight is 389 g/mol. The molecular formula is C22H23N5O2. The Morgan fingerprint density at radius 2 is 1.83 bits per heavy atom. The summed E-state index contributed by atoms with van der Waals surface area (Å²) in [5.74, 6) is 0.803. The second kappa shape index (κ2) is 9.05. The van der Waals surface area contributed by atoms with Gasteiger partial charge in [-0.05, 0) is 50.1 Å². The van der Waals surface area contributed by atoms with Gasteiger partial charge in [0, 0.05) is 43.3 Å². The van der Waals surface area contributed by atoms with E-state index in [4.69, 9.17) is 0 Å². The van der Waals surface area contributed by atoms with Gasteiger partial charge >= 0.3 is 0 Å². The predicted molar refractivity (Wildman–Crippen MR) is 111 cm³/mol. The van der Waals surface area contributed by atoms with Crippen molar-refractivity contribution in [3.63, 3.8) is 0 Å². The van der Waals surface area contributed by atoms with Crippen LogP contribution in [-0.4, -0.2) is 45.1 Å². The number of aryl methyl sites for hydroxylation is 1. The number of pyridine rings is 1. The van der Waals surface area contributed by atoms with Gasteiger partial charge < -0.3 is 10.2 Å². The fourth-order valence-corrected chi connectivity index (χ4v) is 2.85. The molecule has 0 spiro atoms. The highest BCUT2D eigenvalue weighted by Crippen LogP contribution is 2.18. The minimum absolute atomic E-state index is 0.0146. The number of benzene rings is 1. The Kier molecular flexibility index (Phi) is 6.29. The zero-order valence-electron chi connectivity index (χ0n) is 16.7. The summed E-state index contributed by atoms with van der Waals surface area (Å²) in [6.07, 6.45) is 4.21. The quantitative estimate of drug-likeness (QED) is 0.623. The van der Waals surface area contributed by atoms with E-state index in [0.29, 0.717) is 29.4 Å². The summed E-state index contributed by atoms with van der Waals surface area (Å²) in [4.78, 5) is 38.7. The first-order valence-corrected chi connectivity index (χ1v) is 9.30. The Morgan fingerprint density at radius 1 is 1.07 bits per heavy atom. The highest BCUT2D eigenvalue weighted by molar-refractivity contribution is 5.95. The monoisotopic (exact) mass is 389 g/mol. The molecule has 0 saturated carbocycles. The van der Waals surface area contributed by atoms with Crippen molar-refractivity contribution in [3.8, 4) is 0 Å². The first kappa shape index (κ1) is 20.1. The molecule has 0 aliphatic heterocycles. The zero-order valence-corrected chi connectivity index (χ0v) is 16.7. The lowest BCUT2D eigenvalue weighted by Gasteiger charge is -2.17. The summed E-state index contributed by atoms with van der Waals surface area (Å²) >= 11 is 0. The first-order chi connectivity index (χ1) is 13.9. The van der Waals surface area contributed by atoms with Crippen molar-refractivity contribution in [2.24, 2.45) is 0 Å². The van der Waals surface area contributed by atoms with Crippen LogP contribution in [0.15, 0.2) is 54.9 Å². The lowest BCUT2D eigenvalue weighted by Crippen LogP contribution is -2.30. The van der Waals surface area contributed by atoms with E-state index in [2.05, 4.69) is 20.3 Å².